The van der Waals surface area contributed by atoms with E-state index in [1.807, 2.05) is 0 Å². The third kappa shape index (κ3) is 6.37. The number of nitrogens with one attached hydrogen (secondary N) is 2. The first-order valence-corrected chi connectivity index (χ1v) is 9.34. The van der Waals surface area contributed by atoms with Crippen LogP contribution in [0.1, 0.15) is 89.9 Å². The van der Waals surface area contributed by atoms with E-state index in [4.69, 9.17) is 0 Å². The Bertz CT molecular complexity index is 357. The van der Waals surface area contributed by atoms with E-state index in [2.05, 4.69) is 10.6 Å². The lowest BCUT2D eigenvalue weighted by molar-refractivity contribution is -0.124. The van der Waals surface area contributed by atoms with Gasteiger partial charge in [0.1, 0.15) is 0 Å². The highest BCUT2D eigenvalue weighted by molar-refractivity contribution is 5.78. The maximum atomic E-state index is 12.2. The van der Waals surface area contributed by atoms with Gasteiger partial charge in [-0.1, -0.05) is 51.4 Å². The fourth-order valence-electron chi connectivity index (χ4n) is 3.67. The van der Waals surface area contributed by atoms with Gasteiger partial charge in [0.15, 0.2) is 0 Å². The molecule has 2 aliphatic rings. The average molecular weight is 308 g/mol. The van der Waals surface area contributed by atoms with Crippen LogP contribution < -0.4 is 10.6 Å². The zero-order valence-electron chi connectivity index (χ0n) is 13.9. The van der Waals surface area contributed by atoms with Crippen molar-refractivity contribution in [3.05, 3.63) is 0 Å². The van der Waals surface area contributed by atoms with E-state index in [0.717, 1.165) is 44.9 Å². The van der Waals surface area contributed by atoms with Crippen molar-refractivity contribution >= 4 is 11.8 Å². The van der Waals surface area contributed by atoms with E-state index in [1.54, 1.807) is 0 Å². The Balaban J connectivity index is 1.93. The van der Waals surface area contributed by atoms with Gasteiger partial charge in [0.25, 0.3) is 0 Å². The van der Waals surface area contributed by atoms with E-state index >= 15 is 0 Å². The molecule has 0 aromatic carbocycles. The fourth-order valence-corrected chi connectivity index (χ4v) is 3.67. The minimum Gasteiger partial charge on any atom is -0.351 e. The first-order chi connectivity index (χ1) is 10.8. The zero-order valence-corrected chi connectivity index (χ0v) is 13.9. The van der Waals surface area contributed by atoms with Crippen LogP contribution in [0.2, 0.25) is 0 Å². The maximum absolute atomic E-state index is 12.2. The number of carbonyl (C=O) groups excluding carboxylic acids is 2. The van der Waals surface area contributed by atoms with Crippen LogP contribution >= 0.6 is 0 Å². The predicted octanol–water partition coefficient (Wildman–Crippen LogP) is 3.44. The highest BCUT2D eigenvalue weighted by Crippen LogP contribution is 2.18. The first-order valence-electron chi connectivity index (χ1n) is 9.34. The van der Waals surface area contributed by atoms with Crippen LogP contribution in [0.4, 0.5) is 0 Å². The SMILES string of the molecule is O=C1CCCCCCCCCCC(C2CCCCC(=O)N2)N1. The second-order valence-electron chi connectivity index (χ2n) is 6.96. The quantitative estimate of drug-likeness (QED) is 0.779. The molecule has 4 nitrogen and oxygen atoms in total. The molecule has 4 heteroatoms. The smallest absolute Gasteiger partial charge is 0.220 e. The molecule has 2 unspecified atom stereocenters. The van der Waals surface area contributed by atoms with Crippen molar-refractivity contribution < 1.29 is 9.59 Å². The summed E-state index contributed by atoms with van der Waals surface area (Å²) in [4.78, 5) is 24.0. The van der Waals surface area contributed by atoms with Gasteiger partial charge in [-0.25, -0.2) is 0 Å². The molecule has 0 aromatic heterocycles. The molecule has 2 aliphatic heterocycles. The molecule has 2 N–H and O–H groups in total. The van der Waals surface area contributed by atoms with E-state index in [0.29, 0.717) is 12.8 Å². The average Bonchev–Trinajstić information content (AvgIpc) is 2.70. The van der Waals surface area contributed by atoms with E-state index < -0.39 is 0 Å². The molecule has 2 fully saturated rings. The zero-order chi connectivity index (χ0) is 15.6. The third-order valence-corrected chi connectivity index (χ3v) is 5.02. The molecule has 0 bridgehead atoms. The molecule has 0 spiro atoms. The first kappa shape index (κ1) is 17.3. The van der Waals surface area contributed by atoms with Crippen LogP contribution in [0.5, 0.6) is 0 Å². The Kier molecular flexibility index (Phi) is 7.75. The van der Waals surface area contributed by atoms with Crippen LogP contribution in [-0.2, 0) is 9.59 Å². The van der Waals surface area contributed by atoms with Gasteiger partial charge in [0.2, 0.25) is 11.8 Å². The molecule has 2 rings (SSSR count). The van der Waals surface area contributed by atoms with Crippen LogP contribution in [0.15, 0.2) is 0 Å². The highest BCUT2D eigenvalue weighted by atomic mass is 16.2. The van der Waals surface area contributed by atoms with Crippen molar-refractivity contribution in [1.82, 2.24) is 10.6 Å². The van der Waals surface area contributed by atoms with Gasteiger partial charge >= 0.3 is 0 Å². The second kappa shape index (κ2) is 9.86. The lowest BCUT2D eigenvalue weighted by atomic mass is 9.96. The second-order valence-corrected chi connectivity index (χ2v) is 6.96. The largest absolute Gasteiger partial charge is 0.351 e. The normalized spacial score (nSPS) is 30.0. The predicted molar refractivity (Wildman–Crippen MR) is 88.5 cm³/mol. The maximum Gasteiger partial charge on any atom is 0.220 e. The summed E-state index contributed by atoms with van der Waals surface area (Å²) in [7, 11) is 0. The summed E-state index contributed by atoms with van der Waals surface area (Å²) in [6, 6.07) is 0.249. The molecular weight excluding hydrogens is 276 g/mol. The molecule has 2 heterocycles. The molecular formula is C18H32N2O2. The van der Waals surface area contributed by atoms with Crippen molar-refractivity contribution in [2.45, 2.75) is 102 Å². The topological polar surface area (TPSA) is 58.2 Å². The molecule has 2 saturated heterocycles. The molecule has 2 atom stereocenters. The van der Waals surface area contributed by atoms with Gasteiger partial charge in [-0.2, -0.15) is 0 Å². The monoisotopic (exact) mass is 308 g/mol. The molecule has 126 valence electrons. The molecule has 0 aliphatic carbocycles. The Labute approximate surface area is 134 Å². The standard InChI is InChI=1S/C18H32N2O2/c21-17-13-8-6-4-2-1-3-5-7-11-15(19-17)16-12-9-10-14-18(22)20-16/h15-16H,1-14H2,(H,19,21)(H,20,22). The minimum atomic E-state index is 0.121. The van der Waals surface area contributed by atoms with E-state index in [9.17, 15) is 9.59 Å². The van der Waals surface area contributed by atoms with Gasteiger partial charge in [-0.15, -0.1) is 0 Å². The summed E-state index contributed by atoms with van der Waals surface area (Å²) in [5.41, 5.74) is 0. The number of carbonyl (C=O) groups is 2. The third-order valence-electron chi connectivity index (χ3n) is 5.02. The molecule has 2 amide bonds. The van der Waals surface area contributed by atoms with Crippen molar-refractivity contribution in [2.24, 2.45) is 0 Å². The summed E-state index contributed by atoms with van der Waals surface area (Å²) in [6.45, 7) is 0. The van der Waals surface area contributed by atoms with Crippen LogP contribution in [0, 0.1) is 0 Å². The summed E-state index contributed by atoms with van der Waals surface area (Å²) in [5, 5.41) is 6.36. The van der Waals surface area contributed by atoms with Crippen molar-refractivity contribution in [3.63, 3.8) is 0 Å². The van der Waals surface area contributed by atoms with Gasteiger partial charge in [0, 0.05) is 24.9 Å². The van der Waals surface area contributed by atoms with Crippen molar-refractivity contribution in [1.29, 1.82) is 0 Å². The highest BCUT2D eigenvalue weighted by Gasteiger charge is 2.26. The lowest BCUT2D eigenvalue weighted by Crippen LogP contribution is -2.51. The summed E-state index contributed by atoms with van der Waals surface area (Å²) in [5.74, 6) is 0.322. The van der Waals surface area contributed by atoms with Crippen molar-refractivity contribution in [2.75, 3.05) is 0 Å². The van der Waals surface area contributed by atoms with Gasteiger partial charge < -0.3 is 10.6 Å². The van der Waals surface area contributed by atoms with E-state index in [1.165, 1.54) is 32.1 Å². The molecule has 0 saturated carbocycles. The van der Waals surface area contributed by atoms with E-state index in [-0.39, 0.29) is 23.9 Å². The number of hydrogen-bond donors (Lipinski definition) is 2. The Morgan fingerprint density at radius 3 is 1.45 bits per heavy atom. The Hall–Kier alpha value is -1.06. The molecule has 0 aromatic rings. The van der Waals surface area contributed by atoms with Crippen molar-refractivity contribution in [3.8, 4) is 0 Å². The van der Waals surface area contributed by atoms with Crippen LogP contribution in [0.25, 0.3) is 0 Å². The van der Waals surface area contributed by atoms with Crippen LogP contribution in [0.3, 0.4) is 0 Å². The Morgan fingerprint density at radius 2 is 0.909 bits per heavy atom. The van der Waals surface area contributed by atoms with Gasteiger partial charge in [-0.3, -0.25) is 9.59 Å². The Morgan fingerprint density at radius 1 is 0.545 bits per heavy atom. The summed E-state index contributed by atoms with van der Waals surface area (Å²) < 4.78 is 0. The number of rotatable bonds is 1. The van der Waals surface area contributed by atoms with Crippen LogP contribution in [-0.4, -0.2) is 23.9 Å². The fraction of sp³-hybridized carbons (Fsp3) is 0.889. The van der Waals surface area contributed by atoms with Gasteiger partial charge in [-0.05, 0) is 25.7 Å². The number of hydrogen-bond acceptors (Lipinski definition) is 2. The molecule has 0 radical (unpaired) electrons. The lowest BCUT2D eigenvalue weighted by Gasteiger charge is -2.28. The number of amides is 2. The summed E-state index contributed by atoms with van der Waals surface area (Å²) >= 11 is 0. The van der Waals surface area contributed by atoms with Gasteiger partial charge in [0.05, 0.1) is 0 Å². The molecule has 22 heavy (non-hydrogen) atoms. The summed E-state index contributed by atoms with van der Waals surface area (Å²) in [6.07, 6.45) is 15.1. The minimum absolute atomic E-state index is 0.121.